The second kappa shape index (κ2) is 9.64. The summed E-state index contributed by atoms with van der Waals surface area (Å²) in [5, 5.41) is 3.44. The van der Waals surface area contributed by atoms with Crippen LogP contribution in [0.25, 0.3) is 5.65 Å². The van der Waals surface area contributed by atoms with Gasteiger partial charge in [0, 0.05) is 23.8 Å². The zero-order valence-corrected chi connectivity index (χ0v) is 18.7. The first-order valence-corrected chi connectivity index (χ1v) is 10.7. The number of aromatic nitrogens is 2. The molecule has 0 atom stereocenters. The van der Waals surface area contributed by atoms with Crippen molar-refractivity contribution in [2.75, 3.05) is 0 Å². The van der Waals surface area contributed by atoms with Gasteiger partial charge in [0.25, 0.3) is 5.91 Å². The SMILES string of the molecule is CCc1nc2cc(Cl)ccn2c1C(=O)NCc1ccc(Oc2ccc(OC(F)(F)F)cc2)cc1. The third kappa shape index (κ3) is 5.60. The third-order valence-electron chi connectivity index (χ3n) is 4.88. The van der Waals surface area contributed by atoms with Crippen LogP contribution in [0.1, 0.15) is 28.7 Å². The molecule has 2 heterocycles. The lowest BCUT2D eigenvalue weighted by atomic mass is 10.2. The average molecular weight is 490 g/mol. The molecule has 0 aliphatic heterocycles. The Balaban J connectivity index is 1.38. The van der Waals surface area contributed by atoms with Gasteiger partial charge in [0.15, 0.2) is 0 Å². The Kier molecular flexibility index (Phi) is 6.65. The number of rotatable bonds is 7. The first kappa shape index (κ1) is 23.4. The molecule has 1 amide bonds. The molecule has 4 aromatic rings. The van der Waals surface area contributed by atoms with Crippen molar-refractivity contribution in [2.45, 2.75) is 26.3 Å². The Bertz CT molecular complexity index is 1300. The summed E-state index contributed by atoms with van der Waals surface area (Å²) in [6, 6.07) is 15.5. The van der Waals surface area contributed by atoms with Gasteiger partial charge in [-0.1, -0.05) is 30.7 Å². The highest BCUT2D eigenvalue weighted by atomic mass is 35.5. The molecule has 2 aromatic carbocycles. The van der Waals surface area contributed by atoms with E-state index in [1.807, 2.05) is 6.92 Å². The average Bonchev–Trinajstić information content (AvgIpc) is 3.16. The lowest BCUT2D eigenvalue weighted by Crippen LogP contribution is -2.25. The molecular formula is C24H19ClF3N3O3. The van der Waals surface area contributed by atoms with E-state index >= 15 is 0 Å². The Morgan fingerprint density at radius 3 is 2.26 bits per heavy atom. The fraction of sp³-hybridized carbons (Fsp3) is 0.167. The van der Waals surface area contributed by atoms with E-state index in [9.17, 15) is 18.0 Å². The summed E-state index contributed by atoms with van der Waals surface area (Å²) in [7, 11) is 0. The van der Waals surface area contributed by atoms with Gasteiger partial charge in [0.2, 0.25) is 0 Å². The first-order chi connectivity index (χ1) is 16.2. The van der Waals surface area contributed by atoms with Gasteiger partial charge in [-0.15, -0.1) is 13.2 Å². The molecule has 0 saturated heterocycles. The molecule has 0 aliphatic carbocycles. The maximum Gasteiger partial charge on any atom is 0.573 e. The van der Waals surface area contributed by atoms with Crippen LogP contribution in [0.15, 0.2) is 66.9 Å². The molecule has 34 heavy (non-hydrogen) atoms. The molecule has 6 nitrogen and oxygen atoms in total. The predicted octanol–water partition coefficient (Wildman–Crippen LogP) is 6.17. The number of ether oxygens (including phenoxy) is 2. The number of carbonyl (C=O) groups is 1. The lowest BCUT2D eigenvalue weighted by molar-refractivity contribution is -0.274. The molecule has 0 fully saturated rings. The lowest BCUT2D eigenvalue weighted by Gasteiger charge is -2.11. The van der Waals surface area contributed by atoms with E-state index in [1.54, 1.807) is 47.0 Å². The fourth-order valence-corrected chi connectivity index (χ4v) is 3.50. The highest BCUT2D eigenvalue weighted by Gasteiger charge is 2.31. The van der Waals surface area contributed by atoms with Crippen molar-refractivity contribution in [3.8, 4) is 17.2 Å². The maximum absolute atomic E-state index is 12.9. The van der Waals surface area contributed by atoms with Crippen LogP contribution in [0, 0.1) is 0 Å². The van der Waals surface area contributed by atoms with Crippen molar-refractivity contribution in [2.24, 2.45) is 0 Å². The van der Waals surface area contributed by atoms with Crippen LogP contribution in [0.4, 0.5) is 13.2 Å². The fourth-order valence-electron chi connectivity index (χ4n) is 3.34. The van der Waals surface area contributed by atoms with E-state index in [0.29, 0.717) is 40.0 Å². The van der Waals surface area contributed by atoms with Crippen molar-refractivity contribution in [3.05, 3.63) is 88.8 Å². The number of fused-ring (bicyclic) bond motifs is 1. The molecule has 2 aromatic heterocycles. The number of benzene rings is 2. The summed E-state index contributed by atoms with van der Waals surface area (Å²) in [4.78, 5) is 17.3. The molecular weight excluding hydrogens is 471 g/mol. The molecule has 4 rings (SSSR count). The van der Waals surface area contributed by atoms with Gasteiger partial charge in [0.05, 0.1) is 5.69 Å². The van der Waals surface area contributed by atoms with Crippen LogP contribution in [0.5, 0.6) is 17.2 Å². The van der Waals surface area contributed by atoms with Crippen molar-refractivity contribution in [3.63, 3.8) is 0 Å². The zero-order valence-electron chi connectivity index (χ0n) is 17.9. The van der Waals surface area contributed by atoms with Gasteiger partial charge in [-0.2, -0.15) is 0 Å². The number of hydrogen-bond acceptors (Lipinski definition) is 4. The maximum atomic E-state index is 12.9. The summed E-state index contributed by atoms with van der Waals surface area (Å²) in [6.45, 7) is 2.21. The van der Waals surface area contributed by atoms with Gasteiger partial charge in [0.1, 0.15) is 28.6 Å². The summed E-state index contributed by atoms with van der Waals surface area (Å²) >= 11 is 6.03. The van der Waals surface area contributed by atoms with Gasteiger partial charge in [-0.05, 0) is 54.4 Å². The number of imidazole rings is 1. The minimum absolute atomic E-state index is 0.256. The van der Waals surface area contributed by atoms with Crippen LogP contribution in [-0.4, -0.2) is 21.7 Å². The van der Waals surface area contributed by atoms with Crippen molar-refractivity contribution >= 4 is 23.2 Å². The number of nitrogens with zero attached hydrogens (tertiary/aromatic N) is 2. The van der Waals surface area contributed by atoms with Crippen molar-refractivity contribution < 1.29 is 27.4 Å². The minimum atomic E-state index is -4.75. The summed E-state index contributed by atoms with van der Waals surface area (Å²) in [5.41, 5.74) is 2.58. The monoisotopic (exact) mass is 489 g/mol. The number of hydrogen-bond donors (Lipinski definition) is 1. The van der Waals surface area contributed by atoms with E-state index in [-0.39, 0.29) is 18.2 Å². The molecule has 1 N–H and O–H groups in total. The van der Waals surface area contributed by atoms with Crippen LogP contribution < -0.4 is 14.8 Å². The van der Waals surface area contributed by atoms with E-state index in [1.165, 1.54) is 24.3 Å². The van der Waals surface area contributed by atoms with Crippen LogP contribution >= 0.6 is 11.6 Å². The quantitative estimate of drug-likeness (QED) is 0.337. The van der Waals surface area contributed by atoms with E-state index in [2.05, 4.69) is 15.0 Å². The summed E-state index contributed by atoms with van der Waals surface area (Å²) < 4.78 is 47.9. The number of aryl methyl sites for hydroxylation is 1. The first-order valence-electron chi connectivity index (χ1n) is 10.3. The molecule has 0 radical (unpaired) electrons. The third-order valence-corrected chi connectivity index (χ3v) is 5.11. The molecule has 176 valence electrons. The second-order valence-electron chi connectivity index (χ2n) is 7.28. The number of halogens is 4. The summed E-state index contributed by atoms with van der Waals surface area (Å²) in [6.07, 6.45) is -2.44. The van der Waals surface area contributed by atoms with Crippen LogP contribution in [0.2, 0.25) is 5.02 Å². The van der Waals surface area contributed by atoms with Gasteiger partial charge >= 0.3 is 6.36 Å². The topological polar surface area (TPSA) is 64.9 Å². The van der Waals surface area contributed by atoms with Crippen molar-refractivity contribution in [1.82, 2.24) is 14.7 Å². The van der Waals surface area contributed by atoms with Gasteiger partial charge < -0.3 is 14.8 Å². The normalized spacial score (nSPS) is 11.4. The smallest absolute Gasteiger partial charge is 0.457 e. The molecule has 10 heteroatoms. The number of amides is 1. The Hall–Kier alpha value is -3.72. The standard InChI is InChI=1S/C24H19ClF3N3O3/c1-2-20-22(31-12-11-16(25)13-21(31)30-20)23(32)29-14-15-3-5-17(6-4-15)33-18-7-9-19(10-8-18)34-24(26,27)28/h3-13H,2,14H2,1H3,(H,29,32). The van der Waals surface area contributed by atoms with Crippen LogP contribution in [0.3, 0.4) is 0 Å². The highest BCUT2D eigenvalue weighted by molar-refractivity contribution is 6.30. The predicted molar refractivity (Wildman–Crippen MR) is 120 cm³/mol. The Morgan fingerprint density at radius 2 is 1.65 bits per heavy atom. The van der Waals surface area contributed by atoms with Gasteiger partial charge in [-0.25, -0.2) is 4.98 Å². The molecule has 0 saturated carbocycles. The highest BCUT2D eigenvalue weighted by Crippen LogP contribution is 2.27. The molecule has 0 spiro atoms. The Morgan fingerprint density at radius 1 is 1.03 bits per heavy atom. The van der Waals surface area contributed by atoms with Gasteiger partial charge in [-0.3, -0.25) is 9.20 Å². The molecule has 0 bridgehead atoms. The zero-order chi connectivity index (χ0) is 24.3. The van der Waals surface area contributed by atoms with Crippen molar-refractivity contribution in [1.29, 1.82) is 0 Å². The minimum Gasteiger partial charge on any atom is -0.457 e. The van der Waals surface area contributed by atoms with E-state index in [4.69, 9.17) is 16.3 Å². The molecule has 0 unspecified atom stereocenters. The number of pyridine rings is 1. The van der Waals surface area contributed by atoms with Crippen LogP contribution in [-0.2, 0) is 13.0 Å². The van der Waals surface area contributed by atoms with E-state index < -0.39 is 6.36 Å². The number of carbonyl (C=O) groups excluding carboxylic acids is 1. The number of nitrogens with one attached hydrogen (secondary N) is 1. The Labute approximate surface area is 197 Å². The van der Waals surface area contributed by atoms with E-state index in [0.717, 1.165) is 5.56 Å². The molecule has 0 aliphatic rings. The second-order valence-corrected chi connectivity index (χ2v) is 7.72. The largest absolute Gasteiger partial charge is 0.573 e. The summed E-state index contributed by atoms with van der Waals surface area (Å²) in [5.74, 6) is 0.265. The number of alkyl halides is 3.